The van der Waals surface area contributed by atoms with E-state index in [1.807, 2.05) is 6.07 Å². The van der Waals surface area contributed by atoms with Crippen molar-refractivity contribution in [3.8, 4) is 5.75 Å². The summed E-state index contributed by atoms with van der Waals surface area (Å²) in [6.07, 6.45) is 4.52. The summed E-state index contributed by atoms with van der Waals surface area (Å²) < 4.78 is 36.2. The first-order chi connectivity index (χ1) is 16.8. The number of nitrogens with one attached hydrogen (secondary N) is 2. The summed E-state index contributed by atoms with van der Waals surface area (Å²) in [5.74, 6) is 0.0277. The Kier molecular flexibility index (Phi) is 13.0. The van der Waals surface area contributed by atoms with Crippen molar-refractivity contribution < 1.29 is 33.2 Å². The molecule has 0 unspecified atom stereocenters. The predicted molar refractivity (Wildman–Crippen MR) is 136 cm³/mol. The monoisotopic (exact) mass is 510 g/mol. The van der Waals surface area contributed by atoms with Gasteiger partial charge in [0.1, 0.15) is 5.75 Å². The lowest BCUT2D eigenvalue weighted by Crippen LogP contribution is -2.22. The molecule has 5 N–H and O–H groups in total. The van der Waals surface area contributed by atoms with Crippen LogP contribution >= 0.6 is 0 Å². The van der Waals surface area contributed by atoms with E-state index in [-0.39, 0.29) is 12.4 Å². The number of unbranched alkanes of at least 4 members (excludes halogenated alkanes) is 3. The highest BCUT2D eigenvalue weighted by atomic mass is 32.2. The Morgan fingerprint density at radius 2 is 1.74 bits per heavy atom. The van der Waals surface area contributed by atoms with Crippen molar-refractivity contribution in [2.24, 2.45) is 0 Å². The van der Waals surface area contributed by atoms with Gasteiger partial charge in [-0.25, -0.2) is 8.42 Å². The zero-order valence-corrected chi connectivity index (χ0v) is 21.1. The first-order valence-electron chi connectivity index (χ1n) is 11.8. The molecule has 0 heterocycles. The van der Waals surface area contributed by atoms with E-state index >= 15 is 0 Å². The lowest BCUT2D eigenvalue weighted by Gasteiger charge is -2.14. The molecule has 2 aromatic carbocycles. The van der Waals surface area contributed by atoms with E-state index in [4.69, 9.17) is 9.47 Å². The summed E-state index contributed by atoms with van der Waals surface area (Å²) >= 11 is 0. The molecule has 0 aliphatic carbocycles. The fraction of sp³-hybridized carbons (Fsp3) is 0.520. The number of aromatic hydroxyl groups is 1. The van der Waals surface area contributed by atoms with Crippen LogP contribution in [0.4, 0.5) is 5.69 Å². The Bertz CT molecular complexity index is 986. The summed E-state index contributed by atoms with van der Waals surface area (Å²) in [7, 11) is -3.30. The normalized spacial score (nSPS) is 12.5. The first-order valence-corrected chi connectivity index (χ1v) is 13.7. The molecule has 196 valence electrons. The van der Waals surface area contributed by atoms with Crippen molar-refractivity contribution in [1.82, 2.24) is 5.32 Å². The number of aliphatic hydroxyl groups excluding tert-OH is 2. The third-order valence-electron chi connectivity index (χ3n) is 5.26. The van der Waals surface area contributed by atoms with E-state index in [9.17, 15) is 23.7 Å². The number of anilines is 1. The van der Waals surface area contributed by atoms with Crippen LogP contribution in [0.1, 0.15) is 48.5 Å². The van der Waals surface area contributed by atoms with Gasteiger partial charge in [-0.1, -0.05) is 31.0 Å². The zero-order chi connectivity index (χ0) is 25.5. The van der Waals surface area contributed by atoms with Gasteiger partial charge in [0.05, 0.1) is 38.8 Å². The van der Waals surface area contributed by atoms with E-state index in [0.29, 0.717) is 49.8 Å². The molecule has 0 aliphatic heterocycles. The zero-order valence-electron chi connectivity index (χ0n) is 20.3. The molecular weight excluding hydrogens is 472 g/mol. The van der Waals surface area contributed by atoms with Gasteiger partial charge < -0.3 is 30.1 Å². The van der Waals surface area contributed by atoms with Gasteiger partial charge in [0, 0.05) is 24.4 Å². The SMILES string of the molecule is CS(=O)(=O)Nc1cccc(COCCOCCCCCCNC[C@@H](O)c2ccc(O)c(CO)c2)c1. The minimum Gasteiger partial charge on any atom is -0.508 e. The molecule has 0 aliphatic rings. The van der Waals surface area contributed by atoms with Crippen molar-refractivity contribution in [2.45, 2.75) is 45.0 Å². The van der Waals surface area contributed by atoms with Gasteiger partial charge in [0.25, 0.3) is 0 Å². The molecule has 1 atom stereocenters. The van der Waals surface area contributed by atoms with Crippen molar-refractivity contribution >= 4 is 15.7 Å². The highest BCUT2D eigenvalue weighted by Gasteiger charge is 2.10. The van der Waals surface area contributed by atoms with Crippen LogP contribution in [0.5, 0.6) is 5.75 Å². The second-order valence-electron chi connectivity index (χ2n) is 8.42. The molecule has 2 rings (SSSR count). The number of hydrogen-bond donors (Lipinski definition) is 5. The third kappa shape index (κ3) is 12.4. The van der Waals surface area contributed by atoms with E-state index < -0.39 is 16.1 Å². The summed E-state index contributed by atoms with van der Waals surface area (Å²) in [5, 5.41) is 32.3. The smallest absolute Gasteiger partial charge is 0.229 e. The van der Waals surface area contributed by atoms with E-state index in [2.05, 4.69) is 10.0 Å². The van der Waals surface area contributed by atoms with Crippen molar-refractivity contribution in [1.29, 1.82) is 0 Å². The molecular formula is C25H38N2O7S. The van der Waals surface area contributed by atoms with Crippen LogP contribution in [0, 0.1) is 0 Å². The van der Waals surface area contributed by atoms with Gasteiger partial charge in [0.15, 0.2) is 0 Å². The lowest BCUT2D eigenvalue weighted by molar-refractivity contribution is 0.0393. The average molecular weight is 511 g/mol. The Labute approximate surface area is 208 Å². The summed E-state index contributed by atoms with van der Waals surface area (Å²) in [5.41, 5.74) is 2.48. The Morgan fingerprint density at radius 3 is 2.51 bits per heavy atom. The maximum Gasteiger partial charge on any atom is 0.229 e. The molecule has 0 aromatic heterocycles. The molecule has 0 saturated heterocycles. The predicted octanol–water partition coefficient (Wildman–Crippen LogP) is 2.67. The molecule has 0 saturated carbocycles. The van der Waals surface area contributed by atoms with Crippen molar-refractivity contribution in [3.63, 3.8) is 0 Å². The molecule has 10 heteroatoms. The van der Waals surface area contributed by atoms with Crippen molar-refractivity contribution in [2.75, 3.05) is 43.9 Å². The van der Waals surface area contributed by atoms with Gasteiger partial charge in [-0.3, -0.25) is 4.72 Å². The molecule has 0 bridgehead atoms. The minimum atomic E-state index is -3.30. The summed E-state index contributed by atoms with van der Waals surface area (Å²) in [6.45, 7) is 3.00. The number of benzene rings is 2. The van der Waals surface area contributed by atoms with Gasteiger partial charge in [-0.2, -0.15) is 0 Å². The molecule has 0 radical (unpaired) electrons. The third-order valence-corrected chi connectivity index (χ3v) is 5.87. The molecule has 0 amide bonds. The largest absolute Gasteiger partial charge is 0.508 e. The minimum absolute atomic E-state index is 0.0277. The van der Waals surface area contributed by atoms with Crippen LogP contribution in [-0.4, -0.2) is 62.9 Å². The molecule has 0 spiro atoms. The average Bonchev–Trinajstić information content (AvgIpc) is 2.81. The number of phenols is 1. The number of sulfonamides is 1. The fourth-order valence-corrected chi connectivity index (χ4v) is 4.01. The van der Waals surface area contributed by atoms with Gasteiger partial charge in [-0.05, 0) is 54.8 Å². The number of aliphatic hydroxyl groups is 2. The van der Waals surface area contributed by atoms with Gasteiger partial charge in [-0.15, -0.1) is 0 Å². The topological polar surface area (TPSA) is 137 Å². The van der Waals surface area contributed by atoms with E-state index in [1.165, 1.54) is 6.07 Å². The van der Waals surface area contributed by atoms with Crippen LogP contribution in [0.25, 0.3) is 0 Å². The Hall–Kier alpha value is -2.21. The van der Waals surface area contributed by atoms with E-state index in [0.717, 1.165) is 44.0 Å². The number of ether oxygens (including phenoxy) is 2. The Morgan fingerprint density at radius 1 is 0.971 bits per heavy atom. The summed E-state index contributed by atoms with van der Waals surface area (Å²) in [4.78, 5) is 0. The molecule has 0 fully saturated rings. The maximum absolute atomic E-state index is 11.3. The van der Waals surface area contributed by atoms with Crippen LogP contribution in [0.2, 0.25) is 0 Å². The number of rotatable bonds is 18. The maximum atomic E-state index is 11.3. The van der Waals surface area contributed by atoms with Crippen LogP contribution < -0.4 is 10.0 Å². The highest BCUT2D eigenvalue weighted by molar-refractivity contribution is 7.92. The van der Waals surface area contributed by atoms with Gasteiger partial charge in [0.2, 0.25) is 10.0 Å². The van der Waals surface area contributed by atoms with E-state index in [1.54, 1.807) is 30.3 Å². The molecule has 9 nitrogen and oxygen atoms in total. The molecule has 2 aromatic rings. The summed E-state index contributed by atoms with van der Waals surface area (Å²) in [6, 6.07) is 11.9. The fourth-order valence-electron chi connectivity index (χ4n) is 3.45. The first kappa shape index (κ1) is 29.0. The van der Waals surface area contributed by atoms with Crippen LogP contribution in [0.3, 0.4) is 0 Å². The quantitative estimate of drug-likeness (QED) is 0.193. The van der Waals surface area contributed by atoms with Crippen molar-refractivity contribution in [3.05, 3.63) is 59.2 Å². The van der Waals surface area contributed by atoms with Crippen LogP contribution in [0.15, 0.2) is 42.5 Å². The Balaban J connectivity index is 1.43. The second kappa shape index (κ2) is 15.7. The second-order valence-corrected chi connectivity index (χ2v) is 10.2. The lowest BCUT2D eigenvalue weighted by atomic mass is 10.1. The highest BCUT2D eigenvalue weighted by Crippen LogP contribution is 2.22. The van der Waals surface area contributed by atoms with Gasteiger partial charge >= 0.3 is 0 Å². The van der Waals surface area contributed by atoms with Crippen LogP contribution in [-0.2, 0) is 32.7 Å². The number of hydrogen-bond acceptors (Lipinski definition) is 8. The molecule has 35 heavy (non-hydrogen) atoms. The standard InChI is InChI=1S/C25H38N2O7S/c1-35(31,32)27-23-8-6-7-20(15-23)19-34-14-13-33-12-5-3-2-4-11-26-17-25(30)21-9-10-24(29)22(16-21)18-28/h6-10,15-16,25-30H,2-5,11-14,17-19H2,1H3/t25-/m1/s1.